The van der Waals surface area contributed by atoms with Crippen molar-refractivity contribution in [1.29, 1.82) is 0 Å². The van der Waals surface area contributed by atoms with Gasteiger partial charge in [0.25, 0.3) is 0 Å². The predicted octanol–water partition coefficient (Wildman–Crippen LogP) is -2.65. The zero-order valence-corrected chi connectivity index (χ0v) is 22.0. The highest BCUT2D eigenvalue weighted by atomic mass is 16.6. The zero-order chi connectivity index (χ0) is 31.0. The standard InChI is InChI=1S/C27H34O15/c28-7-12-17(32)22(37)24(39)26(41-12)15-19(34)14(11(31)6-3-9-1-4-10(30)5-2-9)20(35)16(21(15)36)27-25(40)23(38)18(33)13(8-29)42-27/h1-2,4-5,12-13,17-18,22-30,32-40H,3,6-8H2/t12-,13-,17-,18-,22+,23+,24-,25-,26-,27-/m1/s1. The number of aliphatic hydroxyl groups is 8. The Kier molecular flexibility index (Phi) is 9.58. The summed E-state index contributed by atoms with van der Waals surface area (Å²) in [6, 6.07) is 5.81. The van der Waals surface area contributed by atoms with Crippen molar-refractivity contribution in [3.63, 3.8) is 0 Å². The summed E-state index contributed by atoms with van der Waals surface area (Å²) in [7, 11) is 0. The Morgan fingerprint density at radius 2 is 1.05 bits per heavy atom. The van der Waals surface area contributed by atoms with Gasteiger partial charge in [0.2, 0.25) is 0 Å². The minimum Gasteiger partial charge on any atom is -0.508 e. The lowest BCUT2D eigenvalue weighted by Gasteiger charge is -2.42. The van der Waals surface area contributed by atoms with Crippen LogP contribution in [0.25, 0.3) is 0 Å². The van der Waals surface area contributed by atoms with E-state index in [0.29, 0.717) is 5.56 Å². The highest BCUT2D eigenvalue weighted by molar-refractivity contribution is 6.02. The number of rotatable bonds is 8. The number of carbonyl (C=O) groups is 1. The predicted molar refractivity (Wildman–Crippen MR) is 138 cm³/mol. The number of phenols is 4. The van der Waals surface area contributed by atoms with Crippen molar-refractivity contribution in [2.24, 2.45) is 0 Å². The molecule has 0 spiro atoms. The lowest BCUT2D eigenvalue weighted by Crippen LogP contribution is -2.55. The third-order valence-electron chi connectivity index (χ3n) is 7.70. The Bertz CT molecular complexity index is 1200. The van der Waals surface area contributed by atoms with Gasteiger partial charge < -0.3 is 70.8 Å². The molecular weight excluding hydrogens is 564 g/mol. The van der Waals surface area contributed by atoms with Crippen LogP contribution in [0.5, 0.6) is 23.0 Å². The summed E-state index contributed by atoms with van der Waals surface area (Å²) in [5, 5.41) is 125. The molecule has 2 aromatic rings. The Morgan fingerprint density at radius 1 is 0.619 bits per heavy atom. The van der Waals surface area contributed by atoms with Gasteiger partial charge in [0.15, 0.2) is 5.78 Å². The lowest BCUT2D eigenvalue weighted by molar-refractivity contribution is -0.234. The van der Waals surface area contributed by atoms with Gasteiger partial charge in [-0.15, -0.1) is 0 Å². The van der Waals surface area contributed by atoms with E-state index in [4.69, 9.17) is 9.47 Å². The normalized spacial score (nSPS) is 33.4. The zero-order valence-electron chi connectivity index (χ0n) is 22.0. The van der Waals surface area contributed by atoms with Crippen LogP contribution in [0.4, 0.5) is 0 Å². The molecule has 2 aliphatic heterocycles. The summed E-state index contributed by atoms with van der Waals surface area (Å²) < 4.78 is 10.9. The number of ketones is 1. The lowest BCUT2D eigenvalue weighted by atomic mass is 9.83. The maximum Gasteiger partial charge on any atom is 0.170 e. The maximum absolute atomic E-state index is 13.4. The molecule has 2 aromatic carbocycles. The highest BCUT2D eigenvalue weighted by Crippen LogP contribution is 2.53. The summed E-state index contributed by atoms with van der Waals surface area (Å²) in [6.07, 6.45) is -18.9. The SMILES string of the molecule is O=C(CCc1ccc(O)cc1)c1c(O)c([C@H]2O[C@H](CO)[C@@H](O)[C@H](O)[C@H]2O)c(O)c([C@H]2O[C@H](CO)[C@@H](O)[C@H](O)[C@H]2O)c1O. The molecule has 0 amide bonds. The van der Waals surface area contributed by atoms with Crippen LogP contribution in [-0.4, -0.2) is 129 Å². The first-order valence-corrected chi connectivity index (χ1v) is 13.1. The van der Waals surface area contributed by atoms with E-state index in [1.807, 2.05) is 0 Å². The molecule has 0 saturated carbocycles. The van der Waals surface area contributed by atoms with Crippen molar-refractivity contribution < 1.29 is 75.5 Å². The fraction of sp³-hybridized carbons (Fsp3) is 0.519. The second kappa shape index (κ2) is 12.6. The molecule has 0 radical (unpaired) electrons. The van der Waals surface area contributed by atoms with Gasteiger partial charge in [0.05, 0.1) is 24.3 Å². The molecule has 4 rings (SSSR count). The maximum atomic E-state index is 13.4. The number of hydrogen-bond donors (Lipinski definition) is 12. The summed E-state index contributed by atoms with van der Waals surface area (Å²) >= 11 is 0. The first-order valence-electron chi connectivity index (χ1n) is 13.1. The van der Waals surface area contributed by atoms with Crippen molar-refractivity contribution in [3.8, 4) is 23.0 Å². The van der Waals surface area contributed by atoms with Crippen molar-refractivity contribution in [3.05, 3.63) is 46.5 Å². The van der Waals surface area contributed by atoms with Crippen LogP contribution in [0.15, 0.2) is 24.3 Å². The molecule has 0 aromatic heterocycles. The monoisotopic (exact) mass is 598 g/mol. The van der Waals surface area contributed by atoms with E-state index in [2.05, 4.69) is 0 Å². The van der Waals surface area contributed by atoms with Gasteiger partial charge in [-0.1, -0.05) is 12.1 Å². The van der Waals surface area contributed by atoms with Crippen molar-refractivity contribution in [2.75, 3.05) is 13.2 Å². The highest BCUT2D eigenvalue weighted by Gasteiger charge is 2.50. The third-order valence-corrected chi connectivity index (χ3v) is 7.70. The van der Waals surface area contributed by atoms with Gasteiger partial charge in [0.1, 0.15) is 89.6 Å². The van der Waals surface area contributed by atoms with E-state index in [1.54, 1.807) is 0 Å². The molecule has 2 aliphatic rings. The molecule has 0 bridgehead atoms. The number of aryl methyl sites for hydroxylation is 1. The van der Waals surface area contributed by atoms with Gasteiger partial charge in [-0.25, -0.2) is 0 Å². The van der Waals surface area contributed by atoms with E-state index in [1.165, 1.54) is 24.3 Å². The first kappa shape index (κ1) is 31.8. The van der Waals surface area contributed by atoms with Crippen molar-refractivity contribution >= 4 is 5.78 Å². The largest absolute Gasteiger partial charge is 0.508 e. The Labute approximate surface area is 238 Å². The average Bonchev–Trinajstić information content (AvgIpc) is 2.96. The van der Waals surface area contributed by atoms with Crippen LogP contribution in [0.1, 0.15) is 45.7 Å². The first-order chi connectivity index (χ1) is 19.8. The molecule has 2 saturated heterocycles. The molecule has 10 atom stereocenters. The third kappa shape index (κ3) is 5.63. The number of hydrogen-bond acceptors (Lipinski definition) is 15. The molecule has 232 valence electrons. The van der Waals surface area contributed by atoms with Crippen molar-refractivity contribution in [2.45, 2.75) is 73.9 Å². The van der Waals surface area contributed by atoms with E-state index in [-0.39, 0.29) is 18.6 Å². The van der Waals surface area contributed by atoms with Crippen LogP contribution < -0.4 is 0 Å². The molecule has 0 unspecified atom stereocenters. The van der Waals surface area contributed by atoms with Crippen LogP contribution in [0.2, 0.25) is 0 Å². The summed E-state index contributed by atoms with van der Waals surface area (Å²) in [6.45, 7) is -1.75. The van der Waals surface area contributed by atoms with Gasteiger partial charge >= 0.3 is 0 Å². The molecule has 12 N–H and O–H groups in total. The number of aromatic hydroxyl groups is 4. The molecular formula is C27H34O15. The van der Waals surface area contributed by atoms with Crippen LogP contribution in [-0.2, 0) is 15.9 Å². The molecule has 0 aliphatic carbocycles. The number of Topliss-reactive ketones (excluding diaryl/α,β-unsaturated/α-hetero) is 1. The van der Waals surface area contributed by atoms with Gasteiger partial charge in [-0.2, -0.15) is 0 Å². The number of phenolic OH excluding ortho intramolecular Hbond substituents is 4. The van der Waals surface area contributed by atoms with Crippen molar-refractivity contribution in [1.82, 2.24) is 0 Å². The Hall–Kier alpha value is -3.09. The van der Waals surface area contributed by atoms with E-state index in [9.17, 15) is 66.1 Å². The average molecular weight is 599 g/mol. The van der Waals surface area contributed by atoms with Crippen LogP contribution in [0.3, 0.4) is 0 Å². The smallest absolute Gasteiger partial charge is 0.170 e. The minimum absolute atomic E-state index is 0.0211. The van der Waals surface area contributed by atoms with Gasteiger partial charge in [-0.05, 0) is 24.1 Å². The second-order valence-electron chi connectivity index (χ2n) is 10.3. The molecule has 15 heteroatoms. The Morgan fingerprint density at radius 3 is 1.45 bits per heavy atom. The van der Waals surface area contributed by atoms with E-state index < -0.39 is 114 Å². The number of aliphatic hydroxyl groups excluding tert-OH is 8. The summed E-state index contributed by atoms with van der Waals surface area (Å²) in [5.41, 5.74) is -1.82. The summed E-state index contributed by atoms with van der Waals surface area (Å²) in [4.78, 5) is 13.4. The molecule has 42 heavy (non-hydrogen) atoms. The van der Waals surface area contributed by atoms with Gasteiger partial charge in [0, 0.05) is 6.42 Å². The summed E-state index contributed by atoms with van der Waals surface area (Å²) in [5.74, 6) is -4.26. The van der Waals surface area contributed by atoms with Crippen LogP contribution in [0, 0.1) is 0 Å². The fourth-order valence-electron chi connectivity index (χ4n) is 5.28. The quantitative estimate of drug-likeness (QED) is 0.138. The topological polar surface area (TPSA) is 278 Å². The molecule has 2 heterocycles. The number of ether oxygens (including phenoxy) is 2. The number of carbonyl (C=O) groups excluding carboxylic acids is 1. The fourth-order valence-corrected chi connectivity index (χ4v) is 5.28. The number of benzene rings is 2. The second-order valence-corrected chi connectivity index (χ2v) is 10.3. The Balaban J connectivity index is 1.87. The van der Waals surface area contributed by atoms with E-state index in [0.717, 1.165) is 0 Å². The van der Waals surface area contributed by atoms with Crippen LogP contribution >= 0.6 is 0 Å². The minimum atomic E-state index is -2.06. The van der Waals surface area contributed by atoms with Gasteiger partial charge in [-0.3, -0.25) is 4.79 Å². The molecule has 2 fully saturated rings. The van der Waals surface area contributed by atoms with E-state index >= 15 is 0 Å². The molecule has 15 nitrogen and oxygen atoms in total.